The Balaban J connectivity index is 1.87. The average molecular weight is 339 g/mol. The van der Waals surface area contributed by atoms with E-state index in [1.165, 1.54) is 23.1 Å². The summed E-state index contributed by atoms with van der Waals surface area (Å²) in [6, 6.07) is 1.74. The lowest BCUT2D eigenvalue weighted by Gasteiger charge is -2.11. The molecular weight excluding hydrogens is 322 g/mol. The highest BCUT2D eigenvalue weighted by molar-refractivity contribution is 7.99. The normalized spacial score (nSPS) is 10.3. The largest absolute Gasteiger partial charge is 0.493 e. The van der Waals surface area contributed by atoms with Crippen LogP contribution in [0.4, 0.5) is 5.13 Å². The molecule has 1 N–H and O–H groups in total. The van der Waals surface area contributed by atoms with Gasteiger partial charge in [-0.15, -0.1) is 23.1 Å². The van der Waals surface area contributed by atoms with E-state index in [2.05, 4.69) is 15.3 Å². The van der Waals surface area contributed by atoms with E-state index in [9.17, 15) is 4.79 Å². The zero-order chi connectivity index (χ0) is 15.9. The lowest BCUT2D eigenvalue weighted by Crippen LogP contribution is -2.14. The van der Waals surface area contributed by atoms with Crippen molar-refractivity contribution in [3.63, 3.8) is 0 Å². The molecule has 2 rings (SSSR count). The van der Waals surface area contributed by atoms with Crippen LogP contribution in [0.15, 0.2) is 17.6 Å². The third kappa shape index (κ3) is 4.35. The first-order chi connectivity index (χ1) is 10.6. The van der Waals surface area contributed by atoms with Crippen molar-refractivity contribution in [2.45, 2.75) is 12.7 Å². The summed E-state index contributed by atoms with van der Waals surface area (Å²) in [5, 5.41) is 5.29. The number of carbonyl (C=O) groups excluding carboxylic acids is 1. The van der Waals surface area contributed by atoms with E-state index in [0.29, 0.717) is 28.1 Å². The Hall–Kier alpha value is -1.80. The molecule has 6 nitrogen and oxygen atoms in total. The fourth-order valence-corrected chi connectivity index (χ4v) is 3.22. The SMILES string of the molecule is COc1ccnc(CSCC(=O)Nc2nc(C)cs2)c1OC. The van der Waals surface area contributed by atoms with Crippen LogP contribution >= 0.6 is 23.1 Å². The van der Waals surface area contributed by atoms with Gasteiger partial charge in [-0.1, -0.05) is 0 Å². The van der Waals surface area contributed by atoms with Crippen LogP contribution in [0.5, 0.6) is 11.5 Å². The first-order valence-corrected chi connectivity index (χ1v) is 8.53. The Bertz CT molecular complexity index is 646. The van der Waals surface area contributed by atoms with Crippen molar-refractivity contribution in [1.82, 2.24) is 9.97 Å². The Morgan fingerprint density at radius 3 is 2.86 bits per heavy atom. The number of anilines is 1. The molecule has 0 aromatic carbocycles. The zero-order valence-electron chi connectivity index (χ0n) is 12.6. The molecule has 0 bridgehead atoms. The number of pyridine rings is 1. The molecule has 2 aromatic heterocycles. The second-order valence-corrected chi connectivity index (χ2v) is 6.17. The topological polar surface area (TPSA) is 73.3 Å². The highest BCUT2D eigenvalue weighted by Gasteiger charge is 2.12. The Morgan fingerprint density at radius 2 is 2.23 bits per heavy atom. The quantitative estimate of drug-likeness (QED) is 0.836. The van der Waals surface area contributed by atoms with Crippen molar-refractivity contribution in [2.75, 3.05) is 25.3 Å². The van der Waals surface area contributed by atoms with Gasteiger partial charge in [-0.05, 0) is 6.92 Å². The second-order valence-electron chi connectivity index (χ2n) is 4.33. The van der Waals surface area contributed by atoms with Crippen LogP contribution in [0.3, 0.4) is 0 Å². The maximum atomic E-state index is 11.8. The molecule has 0 atom stereocenters. The minimum Gasteiger partial charge on any atom is -0.493 e. The minimum atomic E-state index is -0.0822. The Morgan fingerprint density at radius 1 is 1.41 bits per heavy atom. The van der Waals surface area contributed by atoms with E-state index >= 15 is 0 Å². The van der Waals surface area contributed by atoms with Crippen molar-refractivity contribution in [1.29, 1.82) is 0 Å². The van der Waals surface area contributed by atoms with Gasteiger partial charge in [0, 0.05) is 23.4 Å². The number of rotatable bonds is 7. The van der Waals surface area contributed by atoms with Crippen molar-refractivity contribution < 1.29 is 14.3 Å². The lowest BCUT2D eigenvalue weighted by molar-refractivity contribution is -0.113. The van der Waals surface area contributed by atoms with E-state index in [0.717, 1.165) is 11.4 Å². The van der Waals surface area contributed by atoms with E-state index in [1.54, 1.807) is 26.5 Å². The van der Waals surface area contributed by atoms with Gasteiger partial charge in [0.05, 0.1) is 31.4 Å². The summed E-state index contributed by atoms with van der Waals surface area (Å²) < 4.78 is 10.5. The van der Waals surface area contributed by atoms with Gasteiger partial charge in [-0.3, -0.25) is 9.78 Å². The third-order valence-corrected chi connectivity index (χ3v) is 4.52. The molecular formula is C14H17N3O3S2. The number of thiazole rings is 1. The van der Waals surface area contributed by atoms with Gasteiger partial charge in [0.25, 0.3) is 0 Å². The fourth-order valence-electron chi connectivity index (χ4n) is 1.76. The Labute approximate surface area is 137 Å². The molecule has 0 unspecified atom stereocenters. The van der Waals surface area contributed by atoms with Gasteiger partial charge in [0.1, 0.15) is 0 Å². The molecule has 22 heavy (non-hydrogen) atoms. The van der Waals surface area contributed by atoms with Crippen LogP contribution in [0, 0.1) is 6.92 Å². The predicted molar refractivity (Wildman–Crippen MR) is 89.0 cm³/mol. The molecule has 0 spiro atoms. The maximum Gasteiger partial charge on any atom is 0.236 e. The molecule has 2 aromatic rings. The zero-order valence-corrected chi connectivity index (χ0v) is 14.2. The summed E-state index contributed by atoms with van der Waals surface area (Å²) in [6.07, 6.45) is 1.66. The van der Waals surface area contributed by atoms with E-state index in [-0.39, 0.29) is 5.91 Å². The van der Waals surface area contributed by atoms with E-state index in [4.69, 9.17) is 9.47 Å². The van der Waals surface area contributed by atoms with Gasteiger partial charge >= 0.3 is 0 Å². The van der Waals surface area contributed by atoms with Crippen molar-refractivity contribution in [2.24, 2.45) is 0 Å². The van der Waals surface area contributed by atoms with Gasteiger partial charge in [-0.2, -0.15) is 0 Å². The van der Waals surface area contributed by atoms with E-state index in [1.807, 2.05) is 12.3 Å². The number of ether oxygens (including phenoxy) is 2. The molecule has 8 heteroatoms. The average Bonchev–Trinajstić information content (AvgIpc) is 2.91. The summed E-state index contributed by atoms with van der Waals surface area (Å²) in [5.41, 5.74) is 1.66. The number of nitrogens with one attached hydrogen (secondary N) is 1. The number of thioether (sulfide) groups is 1. The van der Waals surface area contributed by atoms with Crippen LogP contribution in [0.2, 0.25) is 0 Å². The molecule has 0 aliphatic heterocycles. The number of aromatic nitrogens is 2. The molecule has 0 aliphatic carbocycles. The molecule has 0 saturated carbocycles. The van der Waals surface area contributed by atoms with Crippen molar-refractivity contribution >= 4 is 34.1 Å². The van der Waals surface area contributed by atoms with E-state index < -0.39 is 0 Å². The lowest BCUT2D eigenvalue weighted by atomic mass is 10.3. The summed E-state index contributed by atoms with van der Waals surface area (Å²) in [7, 11) is 3.16. The van der Waals surface area contributed by atoms with Gasteiger partial charge in [0.2, 0.25) is 5.91 Å². The number of nitrogens with zero attached hydrogens (tertiary/aromatic N) is 2. The highest BCUT2D eigenvalue weighted by Crippen LogP contribution is 2.31. The maximum absolute atomic E-state index is 11.8. The summed E-state index contributed by atoms with van der Waals surface area (Å²) >= 11 is 2.87. The minimum absolute atomic E-state index is 0.0822. The molecule has 118 valence electrons. The first kappa shape index (κ1) is 16.6. The first-order valence-electron chi connectivity index (χ1n) is 6.49. The van der Waals surface area contributed by atoms with Crippen LogP contribution < -0.4 is 14.8 Å². The van der Waals surface area contributed by atoms with Crippen LogP contribution in [0.1, 0.15) is 11.4 Å². The number of aryl methyl sites for hydroxylation is 1. The third-order valence-electron chi connectivity index (χ3n) is 2.70. The van der Waals surface area contributed by atoms with Gasteiger partial charge in [0.15, 0.2) is 16.6 Å². The van der Waals surface area contributed by atoms with Gasteiger partial charge < -0.3 is 14.8 Å². The summed E-state index contributed by atoms with van der Waals surface area (Å²) in [4.78, 5) is 20.3. The number of methoxy groups -OCH3 is 2. The monoisotopic (exact) mass is 339 g/mol. The smallest absolute Gasteiger partial charge is 0.236 e. The van der Waals surface area contributed by atoms with Crippen LogP contribution in [-0.2, 0) is 10.5 Å². The fraction of sp³-hybridized carbons (Fsp3) is 0.357. The summed E-state index contributed by atoms with van der Waals surface area (Å²) in [5.74, 6) is 2.04. The van der Waals surface area contributed by atoms with Crippen molar-refractivity contribution in [3.05, 3.63) is 29.0 Å². The van der Waals surface area contributed by atoms with Crippen molar-refractivity contribution in [3.8, 4) is 11.5 Å². The molecule has 0 fully saturated rings. The number of amides is 1. The predicted octanol–water partition coefficient (Wildman–Crippen LogP) is 2.74. The highest BCUT2D eigenvalue weighted by atomic mass is 32.2. The number of hydrogen-bond acceptors (Lipinski definition) is 7. The van der Waals surface area contributed by atoms with Crippen LogP contribution in [0.25, 0.3) is 0 Å². The molecule has 2 heterocycles. The molecule has 0 radical (unpaired) electrons. The van der Waals surface area contributed by atoms with Crippen LogP contribution in [-0.4, -0.2) is 35.8 Å². The number of carbonyl (C=O) groups is 1. The molecule has 1 amide bonds. The Kier molecular flexibility index (Phi) is 6.02. The molecule has 0 aliphatic rings. The number of hydrogen-bond donors (Lipinski definition) is 1. The summed E-state index contributed by atoms with van der Waals surface area (Å²) in [6.45, 7) is 1.89. The molecule has 0 saturated heterocycles. The second kappa shape index (κ2) is 8.00. The van der Waals surface area contributed by atoms with Gasteiger partial charge in [-0.25, -0.2) is 4.98 Å². The standard InChI is InChI=1S/C14H17N3O3S2/c1-9-6-22-14(16-9)17-12(18)8-21-7-10-13(20-3)11(19-2)4-5-15-10/h4-6H,7-8H2,1-3H3,(H,16,17,18).